The van der Waals surface area contributed by atoms with Crippen molar-refractivity contribution in [2.75, 3.05) is 0 Å². The molecular formula is C14H28O3Si2. The standard InChI is InChI=1S/C14H28O3Si2/c1-8-9-12(2)13(15)16-19(7)11-10-14(3,4)17-18(19,5)6/h9H,8,10-11H2,1-7H3. The van der Waals surface area contributed by atoms with E-state index >= 15 is 0 Å². The van der Waals surface area contributed by atoms with Crippen LogP contribution in [0.1, 0.15) is 40.5 Å². The van der Waals surface area contributed by atoms with Gasteiger partial charge in [-0.25, -0.2) is 4.79 Å². The highest BCUT2D eigenvalue weighted by Gasteiger charge is 2.57. The van der Waals surface area contributed by atoms with Crippen LogP contribution < -0.4 is 0 Å². The van der Waals surface area contributed by atoms with Crippen LogP contribution in [0.2, 0.25) is 25.7 Å². The lowest BCUT2D eigenvalue weighted by Crippen LogP contribution is -2.67. The van der Waals surface area contributed by atoms with Crippen molar-refractivity contribution in [1.82, 2.24) is 0 Å². The third-order valence-corrected chi connectivity index (χ3v) is 18.6. The molecule has 0 aromatic heterocycles. The molecule has 0 aromatic carbocycles. The van der Waals surface area contributed by atoms with E-state index in [9.17, 15) is 4.79 Å². The van der Waals surface area contributed by atoms with Crippen LogP contribution in [-0.4, -0.2) is 27.2 Å². The van der Waals surface area contributed by atoms with Crippen LogP contribution in [0.3, 0.4) is 0 Å². The van der Waals surface area contributed by atoms with Gasteiger partial charge < -0.3 is 8.85 Å². The van der Waals surface area contributed by atoms with E-state index in [1.54, 1.807) is 0 Å². The molecule has 1 atom stereocenters. The summed E-state index contributed by atoms with van der Waals surface area (Å²) in [5, 5.41) is 0. The summed E-state index contributed by atoms with van der Waals surface area (Å²) in [5.74, 6) is -0.139. The number of carbonyl (C=O) groups excluding carboxylic acids is 1. The Kier molecular flexibility index (Phi) is 4.85. The molecule has 0 spiro atoms. The van der Waals surface area contributed by atoms with E-state index in [1.807, 2.05) is 19.9 Å². The van der Waals surface area contributed by atoms with Crippen LogP contribution in [0, 0.1) is 0 Å². The Hall–Kier alpha value is -0.396. The van der Waals surface area contributed by atoms with Crippen LogP contribution in [0.15, 0.2) is 11.6 Å². The number of hydrogen-bond donors (Lipinski definition) is 0. The molecule has 1 unspecified atom stereocenters. The zero-order valence-electron chi connectivity index (χ0n) is 13.4. The first-order valence-electron chi connectivity index (χ1n) is 7.13. The van der Waals surface area contributed by atoms with Gasteiger partial charge in [0.05, 0.1) is 5.60 Å². The molecule has 1 aliphatic heterocycles. The zero-order chi connectivity index (χ0) is 14.9. The van der Waals surface area contributed by atoms with Crippen molar-refractivity contribution < 1.29 is 13.6 Å². The fourth-order valence-electron chi connectivity index (χ4n) is 2.54. The summed E-state index contributed by atoms with van der Waals surface area (Å²) in [6.07, 6.45) is 3.78. The number of carbonyl (C=O) groups is 1. The monoisotopic (exact) mass is 300 g/mol. The van der Waals surface area contributed by atoms with Crippen LogP contribution in [0.4, 0.5) is 0 Å². The summed E-state index contributed by atoms with van der Waals surface area (Å²) in [6.45, 7) is 14.7. The average Bonchev–Trinajstić information content (AvgIpc) is 2.23. The predicted octanol–water partition coefficient (Wildman–Crippen LogP) is 3.94. The topological polar surface area (TPSA) is 35.5 Å². The van der Waals surface area contributed by atoms with E-state index in [0.717, 1.165) is 24.5 Å². The third-order valence-electron chi connectivity index (χ3n) is 4.16. The lowest BCUT2D eigenvalue weighted by Gasteiger charge is -2.49. The Morgan fingerprint density at radius 1 is 1.37 bits per heavy atom. The Bertz CT molecular complexity index is 388. The molecule has 3 nitrogen and oxygen atoms in total. The summed E-state index contributed by atoms with van der Waals surface area (Å²) in [4.78, 5) is 12.2. The van der Waals surface area contributed by atoms with Gasteiger partial charge in [0.25, 0.3) is 7.83 Å². The average molecular weight is 301 g/mol. The van der Waals surface area contributed by atoms with Crippen molar-refractivity contribution >= 4 is 21.6 Å². The van der Waals surface area contributed by atoms with Gasteiger partial charge in [0.15, 0.2) is 0 Å². The van der Waals surface area contributed by atoms with Gasteiger partial charge in [0, 0.05) is 5.57 Å². The van der Waals surface area contributed by atoms with E-state index in [-0.39, 0.29) is 11.6 Å². The van der Waals surface area contributed by atoms with E-state index < -0.39 is 15.7 Å². The molecule has 1 rings (SSSR count). The molecule has 0 saturated carbocycles. The number of hydrogen-bond acceptors (Lipinski definition) is 3. The second kappa shape index (κ2) is 5.54. The maximum absolute atomic E-state index is 12.2. The van der Waals surface area contributed by atoms with Gasteiger partial charge in [-0.2, -0.15) is 0 Å². The zero-order valence-corrected chi connectivity index (χ0v) is 15.4. The van der Waals surface area contributed by atoms with Crippen LogP contribution in [-0.2, 0) is 13.6 Å². The highest BCUT2D eigenvalue weighted by Crippen LogP contribution is 2.39. The molecule has 0 bridgehead atoms. The van der Waals surface area contributed by atoms with Gasteiger partial charge >= 0.3 is 5.97 Å². The second-order valence-electron chi connectivity index (χ2n) is 6.79. The fourth-order valence-corrected chi connectivity index (χ4v) is 11.5. The molecule has 0 aliphatic carbocycles. The van der Waals surface area contributed by atoms with E-state index in [1.165, 1.54) is 0 Å². The second-order valence-corrected chi connectivity index (χ2v) is 20.0. The molecule has 5 heteroatoms. The highest BCUT2D eigenvalue weighted by atomic mass is 29.3. The summed E-state index contributed by atoms with van der Waals surface area (Å²) in [7, 11) is -4.02. The molecule has 0 radical (unpaired) electrons. The lowest BCUT2D eigenvalue weighted by molar-refractivity contribution is -0.131. The molecule has 1 fully saturated rings. The predicted molar refractivity (Wildman–Crippen MR) is 83.8 cm³/mol. The van der Waals surface area contributed by atoms with Crippen LogP contribution >= 0.6 is 0 Å². The smallest absolute Gasteiger partial charge is 0.319 e. The molecule has 19 heavy (non-hydrogen) atoms. The first-order chi connectivity index (χ1) is 8.53. The summed E-state index contributed by atoms with van der Waals surface area (Å²) in [5.41, 5.74) is 0.661. The first kappa shape index (κ1) is 16.7. The van der Waals surface area contributed by atoms with Crippen LogP contribution in [0.25, 0.3) is 0 Å². The van der Waals surface area contributed by atoms with E-state index in [4.69, 9.17) is 8.85 Å². The normalized spacial score (nSPS) is 29.9. The summed E-state index contributed by atoms with van der Waals surface area (Å²) < 4.78 is 12.3. The lowest BCUT2D eigenvalue weighted by atomic mass is 10.1. The minimum absolute atomic E-state index is 0.0665. The third kappa shape index (κ3) is 3.80. The highest BCUT2D eigenvalue weighted by molar-refractivity contribution is 7.36. The minimum Gasteiger partial charge on any atom is -0.516 e. The summed E-state index contributed by atoms with van der Waals surface area (Å²) in [6, 6.07) is 1.02. The Balaban J connectivity index is 2.87. The van der Waals surface area contributed by atoms with E-state index in [0.29, 0.717) is 0 Å². The van der Waals surface area contributed by atoms with Crippen LogP contribution in [0.5, 0.6) is 0 Å². The molecule has 1 saturated heterocycles. The van der Waals surface area contributed by atoms with Crippen molar-refractivity contribution in [3.63, 3.8) is 0 Å². The molecule has 1 aliphatic rings. The fraction of sp³-hybridized carbons (Fsp3) is 0.786. The Morgan fingerprint density at radius 3 is 2.42 bits per heavy atom. The van der Waals surface area contributed by atoms with Gasteiger partial charge in [0.1, 0.15) is 0 Å². The first-order valence-corrected chi connectivity index (χ1v) is 13.7. The quantitative estimate of drug-likeness (QED) is 0.585. The van der Waals surface area contributed by atoms with Gasteiger partial charge in [-0.15, -0.1) is 0 Å². The molecule has 0 amide bonds. The van der Waals surface area contributed by atoms with Crippen molar-refractivity contribution in [1.29, 1.82) is 0 Å². The molecule has 0 N–H and O–H groups in total. The van der Waals surface area contributed by atoms with Gasteiger partial charge in [-0.1, -0.05) is 13.0 Å². The van der Waals surface area contributed by atoms with Gasteiger partial charge in [-0.05, 0) is 59.3 Å². The van der Waals surface area contributed by atoms with Crippen molar-refractivity contribution in [2.24, 2.45) is 0 Å². The van der Waals surface area contributed by atoms with E-state index in [2.05, 4.69) is 33.5 Å². The molecular weight excluding hydrogens is 272 g/mol. The SMILES string of the molecule is CCC=C(C)C(=O)O[Si]1(C)CCC(C)(C)O[Si]1(C)C. The maximum Gasteiger partial charge on any atom is 0.319 e. The maximum atomic E-state index is 12.2. The largest absolute Gasteiger partial charge is 0.516 e. The van der Waals surface area contributed by atoms with Gasteiger partial charge in [0.2, 0.25) is 7.83 Å². The molecule has 1 heterocycles. The molecule has 110 valence electrons. The Labute approximate surface area is 119 Å². The molecule has 0 aromatic rings. The van der Waals surface area contributed by atoms with Crippen molar-refractivity contribution in [2.45, 2.75) is 71.8 Å². The van der Waals surface area contributed by atoms with Crippen molar-refractivity contribution in [3.05, 3.63) is 11.6 Å². The Morgan fingerprint density at radius 2 is 1.95 bits per heavy atom. The van der Waals surface area contributed by atoms with Crippen molar-refractivity contribution in [3.8, 4) is 0 Å². The number of allylic oxidation sites excluding steroid dienone is 1. The van der Waals surface area contributed by atoms with Gasteiger partial charge in [-0.3, -0.25) is 0 Å². The summed E-state index contributed by atoms with van der Waals surface area (Å²) >= 11 is 0. The number of rotatable bonds is 3. The minimum atomic E-state index is -2.08.